The van der Waals surface area contributed by atoms with Crippen molar-refractivity contribution in [3.63, 3.8) is 0 Å². The summed E-state index contributed by atoms with van der Waals surface area (Å²) in [7, 11) is 0. The third-order valence-electron chi connectivity index (χ3n) is 3.30. The van der Waals surface area contributed by atoms with E-state index in [1.807, 2.05) is 32.9 Å². The zero-order valence-electron chi connectivity index (χ0n) is 11.3. The van der Waals surface area contributed by atoms with Crippen LogP contribution in [-0.2, 0) is 0 Å². The predicted molar refractivity (Wildman–Crippen MR) is 78.9 cm³/mol. The Morgan fingerprint density at radius 2 is 1.74 bits per heavy atom. The molecular formula is C16H17ClFN. The molecule has 0 saturated heterocycles. The first-order valence-corrected chi connectivity index (χ1v) is 6.60. The molecule has 3 heteroatoms. The minimum absolute atomic E-state index is 0.147. The Balaban J connectivity index is 2.71. The summed E-state index contributed by atoms with van der Waals surface area (Å²) in [5.41, 5.74) is 10.7. The molecule has 0 spiro atoms. The van der Waals surface area contributed by atoms with E-state index in [2.05, 4.69) is 0 Å². The lowest BCUT2D eigenvalue weighted by atomic mass is 9.92. The van der Waals surface area contributed by atoms with Gasteiger partial charge in [-0.3, -0.25) is 0 Å². The number of aryl methyl sites for hydroxylation is 2. The number of hydrogen-bond donors (Lipinski definition) is 1. The zero-order chi connectivity index (χ0) is 14.2. The molecule has 0 aromatic heterocycles. The Morgan fingerprint density at radius 1 is 1.05 bits per heavy atom. The van der Waals surface area contributed by atoms with Gasteiger partial charge in [-0.2, -0.15) is 0 Å². The SMILES string of the molecule is Cc1cc(-c2cc(F)ccc2C(C)N)c(C)cc1Cl. The van der Waals surface area contributed by atoms with Gasteiger partial charge in [0, 0.05) is 11.1 Å². The number of rotatable bonds is 2. The lowest BCUT2D eigenvalue weighted by Crippen LogP contribution is -2.07. The fourth-order valence-electron chi connectivity index (χ4n) is 2.23. The van der Waals surface area contributed by atoms with Gasteiger partial charge in [0.15, 0.2) is 0 Å². The molecule has 0 amide bonds. The van der Waals surface area contributed by atoms with Crippen LogP contribution >= 0.6 is 11.6 Å². The van der Waals surface area contributed by atoms with Crippen LogP contribution in [0.25, 0.3) is 11.1 Å². The van der Waals surface area contributed by atoms with Crippen LogP contribution in [-0.4, -0.2) is 0 Å². The molecular weight excluding hydrogens is 261 g/mol. The fourth-order valence-corrected chi connectivity index (χ4v) is 2.45. The average Bonchev–Trinajstić information content (AvgIpc) is 2.33. The molecule has 19 heavy (non-hydrogen) atoms. The van der Waals surface area contributed by atoms with Crippen molar-refractivity contribution in [1.82, 2.24) is 0 Å². The molecule has 0 aliphatic heterocycles. The van der Waals surface area contributed by atoms with Gasteiger partial charge in [0.05, 0.1) is 0 Å². The summed E-state index contributed by atoms with van der Waals surface area (Å²) >= 11 is 6.11. The summed E-state index contributed by atoms with van der Waals surface area (Å²) in [5.74, 6) is -0.258. The van der Waals surface area contributed by atoms with Crippen molar-refractivity contribution in [2.45, 2.75) is 26.8 Å². The van der Waals surface area contributed by atoms with Gasteiger partial charge in [-0.25, -0.2) is 4.39 Å². The van der Waals surface area contributed by atoms with E-state index in [9.17, 15) is 4.39 Å². The predicted octanol–water partition coefficient (Wildman–Crippen LogP) is 4.78. The Labute approximate surface area is 118 Å². The van der Waals surface area contributed by atoms with Crippen molar-refractivity contribution in [3.8, 4) is 11.1 Å². The van der Waals surface area contributed by atoms with Gasteiger partial charge in [0.25, 0.3) is 0 Å². The lowest BCUT2D eigenvalue weighted by Gasteiger charge is -2.16. The number of benzene rings is 2. The van der Waals surface area contributed by atoms with Crippen molar-refractivity contribution in [1.29, 1.82) is 0 Å². The lowest BCUT2D eigenvalue weighted by molar-refractivity contribution is 0.626. The summed E-state index contributed by atoms with van der Waals surface area (Å²) in [4.78, 5) is 0. The van der Waals surface area contributed by atoms with E-state index in [-0.39, 0.29) is 11.9 Å². The van der Waals surface area contributed by atoms with Gasteiger partial charge in [-0.1, -0.05) is 17.7 Å². The minimum atomic E-state index is -0.258. The normalized spacial score (nSPS) is 12.5. The Hall–Kier alpha value is -1.38. The molecule has 2 rings (SSSR count). The highest BCUT2D eigenvalue weighted by atomic mass is 35.5. The van der Waals surface area contributed by atoms with Crippen molar-refractivity contribution in [3.05, 3.63) is 57.9 Å². The van der Waals surface area contributed by atoms with Gasteiger partial charge < -0.3 is 5.73 Å². The van der Waals surface area contributed by atoms with E-state index >= 15 is 0 Å². The Morgan fingerprint density at radius 3 is 2.37 bits per heavy atom. The van der Waals surface area contributed by atoms with E-state index in [1.54, 1.807) is 6.07 Å². The topological polar surface area (TPSA) is 26.0 Å². The number of halogens is 2. The molecule has 1 atom stereocenters. The first-order valence-electron chi connectivity index (χ1n) is 6.22. The van der Waals surface area contributed by atoms with Crippen LogP contribution in [0.2, 0.25) is 5.02 Å². The first kappa shape index (κ1) is 14.0. The highest BCUT2D eigenvalue weighted by Crippen LogP contribution is 2.33. The molecule has 0 aliphatic carbocycles. The molecule has 0 fully saturated rings. The molecule has 0 radical (unpaired) electrons. The Kier molecular flexibility index (Phi) is 3.93. The second-order valence-corrected chi connectivity index (χ2v) is 5.34. The molecule has 0 bridgehead atoms. The van der Waals surface area contributed by atoms with Gasteiger partial charge >= 0.3 is 0 Å². The van der Waals surface area contributed by atoms with Crippen LogP contribution in [0.3, 0.4) is 0 Å². The second kappa shape index (κ2) is 5.32. The molecule has 2 aromatic rings. The third kappa shape index (κ3) is 2.80. The van der Waals surface area contributed by atoms with Crippen LogP contribution in [0.5, 0.6) is 0 Å². The van der Waals surface area contributed by atoms with Gasteiger partial charge in [-0.05, 0) is 72.9 Å². The fraction of sp³-hybridized carbons (Fsp3) is 0.250. The first-order chi connectivity index (χ1) is 8.90. The summed E-state index contributed by atoms with van der Waals surface area (Å²) < 4.78 is 13.5. The smallest absolute Gasteiger partial charge is 0.123 e. The van der Waals surface area contributed by atoms with Crippen molar-refractivity contribution < 1.29 is 4.39 Å². The zero-order valence-corrected chi connectivity index (χ0v) is 12.1. The molecule has 0 saturated carbocycles. The van der Waals surface area contributed by atoms with Crippen LogP contribution in [0.4, 0.5) is 4.39 Å². The standard InChI is InChI=1S/C16H17ClFN/c1-9-7-16(17)10(2)6-14(9)15-8-12(18)4-5-13(15)11(3)19/h4-8,11H,19H2,1-3H3. The molecule has 0 aliphatic rings. The van der Waals surface area contributed by atoms with Crippen LogP contribution in [0.15, 0.2) is 30.3 Å². The quantitative estimate of drug-likeness (QED) is 0.840. The molecule has 100 valence electrons. The summed E-state index contributed by atoms with van der Waals surface area (Å²) in [5, 5.41) is 0.722. The maximum atomic E-state index is 13.5. The average molecular weight is 278 g/mol. The van der Waals surface area contributed by atoms with Crippen LogP contribution < -0.4 is 5.73 Å². The molecule has 2 aromatic carbocycles. The highest BCUT2D eigenvalue weighted by molar-refractivity contribution is 6.31. The van der Waals surface area contributed by atoms with Crippen molar-refractivity contribution >= 4 is 11.6 Å². The summed E-state index contributed by atoms with van der Waals surface area (Å²) in [6.45, 7) is 5.81. The van der Waals surface area contributed by atoms with E-state index in [4.69, 9.17) is 17.3 Å². The van der Waals surface area contributed by atoms with Gasteiger partial charge in [-0.15, -0.1) is 0 Å². The monoisotopic (exact) mass is 277 g/mol. The molecule has 0 heterocycles. The minimum Gasteiger partial charge on any atom is -0.324 e. The number of nitrogens with two attached hydrogens (primary N) is 1. The van der Waals surface area contributed by atoms with Crippen molar-refractivity contribution in [2.75, 3.05) is 0 Å². The largest absolute Gasteiger partial charge is 0.324 e. The molecule has 2 N–H and O–H groups in total. The summed E-state index contributed by atoms with van der Waals surface area (Å²) in [6, 6.07) is 8.47. The third-order valence-corrected chi connectivity index (χ3v) is 3.71. The second-order valence-electron chi connectivity index (χ2n) is 4.94. The Bertz CT molecular complexity index is 620. The van der Waals surface area contributed by atoms with E-state index < -0.39 is 0 Å². The van der Waals surface area contributed by atoms with Gasteiger partial charge in [0.1, 0.15) is 5.82 Å². The summed E-state index contributed by atoms with van der Waals surface area (Å²) in [6.07, 6.45) is 0. The van der Waals surface area contributed by atoms with E-state index in [0.29, 0.717) is 0 Å². The molecule has 1 nitrogen and oxygen atoms in total. The maximum absolute atomic E-state index is 13.5. The van der Waals surface area contributed by atoms with Crippen molar-refractivity contribution in [2.24, 2.45) is 5.73 Å². The van der Waals surface area contributed by atoms with Gasteiger partial charge in [0.2, 0.25) is 0 Å². The van der Waals surface area contributed by atoms with Crippen LogP contribution in [0, 0.1) is 19.7 Å². The van der Waals surface area contributed by atoms with E-state index in [0.717, 1.165) is 32.8 Å². The van der Waals surface area contributed by atoms with Crippen LogP contribution in [0.1, 0.15) is 29.7 Å². The number of hydrogen-bond acceptors (Lipinski definition) is 1. The maximum Gasteiger partial charge on any atom is 0.123 e. The van der Waals surface area contributed by atoms with E-state index in [1.165, 1.54) is 12.1 Å². The highest BCUT2D eigenvalue weighted by Gasteiger charge is 2.13. The molecule has 1 unspecified atom stereocenters.